The Bertz CT molecular complexity index is 3250. The van der Waals surface area contributed by atoms with Crippen LogP contribution in [-0.4, -0.2) is 285 Å². The van der Waals surface area contributed by atoms with Gasteiger partial charge in [0.25, 0.3) is 5.91 Å². The minimum Gasteiger partial charge on any atom is -0.379 e. The maximum atomic E-state index is 15.8. The second kappa shape index (κ2) is 38.1. The standard InChI is InChI=1S/C75H124N14O14/c1-22-54-71(96)80(16)51(13)69(94)85(21)62(53(15)102-37-29-28-33-86-35-38-101-39-36-86)66(91)79-60(46(6)7)74(99)81(17)57(40-44(2)3)65(90)77-50(12)68(93)88-49(11)42-59(83(19)72(97)58(41-45(4)5)82(18)70(95)52(88)14)73(98)84(20)61(47(8)9)75(100)89-63(67(92)78-54)64(103-89)48(10)30-24-23-27-34-87-43-76-55-31-25-26-32-56(55)87/h25-26,31-32,43-54,57-64H,22-24,27-30,33-42H2,1-21H3,(H,77,90)(H,78,92)(H,79,91)/t48-,49?,50+,51-,52-,53-,54+,57+,58+,59+,60+,61+,62+,63+,64-/m1/s1. The van der Waals surface area contributed by atoms with Gasteiger partial charge >= 0.3 is 0 Å². The molecule has 578 valence electrons. The Hall–Kier alpha value is -7.30. The molecule has 6 rings (SSSR count). The monoisotopic (exact) mass is 1440 g/mol. The van der Waals surface area contributed by atoms with Crippen LogP contribution in [0.1, 0.15) is 168 Å². The van der Waals surface area contributed by atoms with Crippen LogP contribution in [0, 0.1) is 29.6 Å². The first-order valence-electron chi connectivity index (χ1n) is 37.6. The molecule has 4 saturated heterocycles. The zero-order chi connectivity index (χ0) is 76.8. The third-order valence-corrected chi connectivity index (χ3v) is 21.5. The minimum atomic E-state index is -1.39. The Labute approximate surface area is 611 Å². The Morgan fingerprint density at radius 2 is 1.17 bits per heavy atom. The van der Waals surface area contributed by atoms with Gasteiger partial charge in [-0.05, 0) is 134 Å². The molecule has 5 heterocycles. The van der Waals surface area contributed by atoms with Crippen LogP contribution >= 0.6 is 0 Å². The van der Waals surface area contributed by atoms with E-state index in [-0.39, 0.29) is 50.0 Å². The molecule has 3 N–H and O–H groups in total. The van der Waals surface area contributed by atoms with Gasteiger partial charge in [-0.3, -0.25) is 62.5 Å². The summed E-state index contributed by atoms with van der Waals surface area (Å²) in [5.74, 6) is -9.28. The number of carbonyl (C=O) groups is 11. The van der Waals surface area contributed by atoms with Crippen LogP contribution in [0.5, 0.6) is 0 Å². The van der Waals surface area contributed by atoms with E-state index in [1.165, 1.54) is 97.4 Å². The number of hydroxylamine groups is 2. The number of nitrogens with one attached hydrogen (secondary N) is 3. The number of unbranched alkanes of at least 4 members (excludes halogenated alkanes) is 3. The molecule has 15 atom stereocenters. The maximum Gasteiger partial charge on any atom is 0.270 e. The minimum absolute atomic E-state index is 0.0421. The van der Waals surface area contributed by atoms with E-state index in [1.54, 1.807) is 48.5 Å². The molecule has 28 nitrogen and oxygen atoms in total. The highest BCUT2D eigenvalue weighted by Gasteiger charge is 2.55. The predicted octanol–water partition coefficient (Wildman–Crippen LogP) is 4.55. The third-order valence-electron chi connectivity index (χ3n) is 21.5. The molecule has 4 aliphatic heterocycles. The number of amides is 11. The molecule has 1 unspecified atom stereocenters. The second-order valence-corrected chi connectivity index (χ2v) is 30.9. The summed E-state index contributed by atoms with van der Waals surface area (Å²) in [6, 6.07) is -7.20. The highest BCUT2D eigenvalue weighted by atomic mass is 16.7. The van der Waals surface area contributed by atoms with Crippen LogP contribution in [-0.2, 0) is 73.6 Å². The van der Waals surface area contributed by atoms with E-state index < -0.39 is 162 Å². The van der Waals surface area contributed by atoms with Crippen LogP contribution in [0.3, 0.4) is 0 Å². The van der Waals surface area contributed by atoms with Crippen molar-refractivity contribution in [1.29, 1.82) is 0 Å². The molecular formula is C75H124N14O14. The molecule has 0 aliphatic carbocycles. The number of imidazole rings is 1. The fourth-order valence-corrected chi connectivity index (χ4v) is 14.9. The lowest BCUT2D eigenvalue weighted by Gasteiger charge is -2.50. The number of aromatic nitrogens is 2. The van der Waals surface area contributed by atoms with Crippen molar-refractivity contribution in [3.63, 3.8) is 0 Å². The Kier molecular flexibility index (Phi) is 31.3. The lowest BCUT2D eigenvalue weighted by atomic mass is 9.88. The number of hydrogen-bond acceptors (Lipinski definition) is 16. The average Bonchev–Trinajstić information content (AvgIpc) is 1.22. The lowest BCUT2D eigenvalue weighted by Crippen LogP contribution is -2.72. The summed E-state index contributed by atoms with van der Waals surface area (Å²) in [7, 11) is 8.68. The predicted molar refractivity (Wildman–Crippen MR) is 391 cm³/mol. The number of nitrogens with zero attached hydrogens (tertiary/aromatic N) is 11. The SMILES string of the molecule is CC[C@@H]1NC(=O)[C@@H]2[C@@H]([C@H](C)CCCCCn3cnc4ccccc43)ON2C(=O)[C@H](C(C)C)N(C)C(=O)[C@@H]2CC(C)N(C(=O)[C@H](C)NC(=O)[C@H](CC(C)C)N(C)C(=O)[C@H](C(C)C)NC(=O)[C@H]([C@@H](C)OCCCCN3CCOCC3)N(C)C(=O)[C@@H](C)N(C)C1=O)[C@H](C)C(=O)N(C)[C@@H](CC(C)C)C(=O)N2C. The van der Waals surface area contributed by atoms with Gasteiger partial charge in [0.15, 0.2) is 6.04 Å². The largest absolute Gasteiger partial charge is 0.379 e. The highest BCUT2D eigenvalue weighted by Crippen LogP contribution is 2.35. The molecular weight excluding hydrogens is 1320 g/mol. The summed E-state index contributed by atoms with van der Waals surface area (Å²) < 4.78 is 14.0. The van der Waals surface area contributed by atoms with E-state index in [0.29, 0.717) is 26.1 Å². The summed E-state index contributed by atoms with van der Waals surface area (Å²) >= 11 is 0. The summed E-state index contributed by atoms with van der Waals surface area (Å²) in [4.78, 5) is 190. The normalized spacial score (nSPS) is 28.3. The van der Waals surface area contributed by atoms with E-state index in [9.17, 15) is 14.4 Å². The van der Waals surface area contributed by atoms with E-state index in [1.807, 2.05) is 65.2 Å². The van der Waals surface area contributed by atoms with Crippen molar-refractivity contribution >= 4 is 76.0 Å². The summed E-state index contributed by atoms with van der Waals surface area (Å²) in [6.45, 7) is 30.6. The van der Waals surface area contributed by atoms with Gasteiger partial charge in [0.1, 0.15) is 66.5 Å². The first kappa shape index (κ1) is 84.6. The molecule has 0 radical (unpaired) electrons. The van der Waals surface area contributed by atoms with Crippen LogP contribution in [0.4, 0.5) is 0 Å². The molecule has 2 bridgehead atoms. The summed E-state index contributed by atoms with van der Waals surface area (Å²) in [6.07, 6.45) is 4.44. The molecule has 4 fully saturated rings. The first-order chi connectivity index (χ1) is 48.5. The first-order valence-corrected chi connectivity index (χ1v) is 37.6. The molecule has 0 spiro atoms. The fraction of sp³-hybridized carbons (Fsp3) is 0.760. The number of para-hydroxylation sites is 2. The third kappa shape index (κ3) is 20.6. The summed E-state index contributed by atoms with van der Waals surface area (Å²) in [5, 5.41) is 9.69. The number of morpholine rings is 1. The highest BCUT2D eigenvalue weighted by molar-refractivity contribution is 6.00. The van der Waals surface area contributed by atoms with E-state index >= 15 is 38.4 Å². The fourth-order valence-electron chi connectivity index (χ4n) is 14.9. The van der Waals surface area contributed by atoms with Gasteiger partial charge in [-0.15, -0.1) is 0 Å². The van der Waals surface area contributed by atoms with E-state index in [4.69, 9.17) is 14.3 Å². The molecule has 0 saturated carbocycles. The van der Waals surface area contributed by atoms with Crippen LogP contribution in [0.15, 0.2) is 30.6 Å². The van der Waals surface area contributed by atoms with Crippen molar-refractivity contribution in [2.45, 2.75) is 259 Å². The Morgan fingerprint density at radius 3 is 1.79 bits per heavy atom. The van der Waals surface area contributed by atoms with Crippen LogP contribution in [0.25, 0.3) is 11.0 Å². The van der Waals surface area contributed by atoms with Gasteiger partial charge in [-0.2, -0.15) is 0 Å². The zero-order valence-corrected chi connectivity index (χ0v) is 65.5. The molecule has 4 aliphatic rings. The number of hydrogen-bond donors (Lipinski definition) is 3. The second-order valence-electron chi connectivity index (χ2n) is 30.9. The maximum absolute atomic E-state index is 15.8. The number of rotatable bonds is 21. The van der Waals surface area contributed by atoms with Crippen molar-refractivity contribution in [2.24, 2.45) is 29.6 Å². The number of fused-ring (bicyclic) bond motifs is 5. The van der Waals surface area contributed by atoms with Gasteiger partial charge in [0, 0.05) is 74.6 Å². The van der Waals surface area contributed by atoms with Crippen molar-refractivity contribution in [3.8, 4) is 0 Å². The van der Waals surface area contributed by atoms with Gasteiger partial charge in [-0.25, -0.2) is 10.0 Å². The number of likely N-dealkylation sites (N-methyl/N-ethyl adjacent to an activating group) is 6. The van der Waals surface area contributed by atoms with Crippen LogP contribution < -0.4 is 16.0 Å². The van der Waals surface area contributed by atoms with E-state index in [0.717, 1.165) is 68.0 Å². The molecule has 103 heavy (non-hydrogen) atoms. The van der Waals surface area contributed by atoms with E-state index in [2.05, 4.69) is 30.4 Å². The van der Waals surface area contributed by atoms with Crippen molar-refractivity contribution in [3.05, 3.63) is 30.6 Å². The van der Waals surface area contributed by atoms with Gasteiger partial charge in [-0.1, -0.05) is 94.2 Å². The number of benzene rings is 1. The van der Waals surface area contributed by atoms with Gasteiger partial charge in [0.2, 0.25) is 59.1 Å². The molecule has 11 amide bonds. The molecule has 28 heteroatoms. The smallest absolute Gasteiger partial charge is 0.270 e. The average molecular weight is 1450 g/mol. The topological polar surface area (TPSA) is 299 Å². The number of carbonyl (C=O) groups excluding carboxylic acids is 11. The van der Waals surface area contributed by atoms with Crippen molar-refractivity contribution < 1.29 is 67.1 Å². The van der Waals surface area contributed by atoms with Gasteiger partial charge in [0.05, 0.1) is 36.7 Å². The van der Waals surface area contributed by atoms with Crippen molar-refractivity contribution in [1.82, 2.24) is 69.8 Å². The number of aryl methyl sites for hydroxylation is 1. The van der Waals surface area contributed by atoms with Crippen molar-refractivity contribution in [2.75, 3.05) is 81.7 Å². The summed E-state index contributed by atoms with van der Waals surface area (Å²) in [5.41, 5.74) is 1.94. The quantitative estimate of drug-likeness (QED) is 0.144. The number of ether oxygens (including phenoxy) is 2. The lowest BCUT2D eigenvalue weighted by molar-refractivity contribution is -0.322. The molecule has 1 aromatic heterocycles. The van der Waals surface area contributed by atoms with Crippen LogP contribution in [0.2, 0.25) is 0 Å². The zero-order valence-electron chi connectivity index (χ0n) is 65.5. The Balaban J connectivity index is 1.44. The molecule has 1 aromatic carbocycles. The van der Waals surface area contributed by atoms with Gasteiger partial charge < -0.3 is 64.3 Å². The molecule has 2 aromatic rings. The Morgan fingerprint density at radius 1 is 0.563 bits per heavy atom.